The lowest BCUT2D eigenvalue weighted by Crippen LogP contribution is -2.53. The number of aromatic nitrogens is 7. The van der Waals surface area contributed by atoms with Crippen LogP contribution in [-0.4, -0.2) is 86.8 Å². The van der Waals surface area contributed by atoms with E-state index in [1.807, 2.05) is 78.6 Å². The number of nitrogens with zero attached hydrogens (tertiary/aromatic N) is 9. The minimum atomic E-state index is -1.12. The number of aliphatic hydroxyl groups is 1. The maximum Gasteiger partial charge on any atom is 0.277 e. The van der Waals surface area contributed by atoms with Gasteiger partial charge in [0.25, 0.3) is 5.56 Å². The minimum Gasteiger partial charge on any atom is -0.388 e. The van der Waals surface area contributed by atoms with Crippen LogP contribution < -0.4 is 5.56 Å². The fourth-order valence-electron chi connectivity index (χ4n) is 7.62. The Hall–Kier alpha value is -5.46. The van der Waals surface area contributed by atoms with Gasteiger partial charge in [0.1, 0.15) is 17.5 Å². The summed E-state index contributed by atoms with van der Waals surface area (Å²) in [6.07, 6.45) is 6.56. The Kier molecular flexibility index (Phi) is 8.78. The molecular weight excluding hydrogens is 642 g/mol. The van der Waals surface area contributed by atoms with E-state index in [1.54, 1.807) is 27.8 Å². The molecule has 1 N–H and O–H groups in total. The summed E-state index contributed by atoms with van der Waals surface area (Å²) >= 11 is 0. The number of carbonyl (C=O) groups is 1. The number of carbonyl (C=O) groups excluding carboxylic acids is 1. The maximum atomic E-state index is 14.2. The summed E-state index contributed by atoms with van der Waals surface area (Å²) in [6.45, 7) is 5.06. The van der Waals surface area contributed by atoms with Gasteiger partial charge in [-0.15, -0.1) is 4.80 Å². The van der Waals surface area contributed by atoms with Crippen molar-refractivity contribution in [2.75, 3.05) is 26.2 Å². The molecule has 51 heavy (non-hydrogen) atoms. The maximum absolute atomic E-state index is 14.2. The molecule has 1 amide bonds. The highest BCUT2D eigenvalue weighted by Gasteiger charge is 2.41. The Labute approximate surface area is 295 Å². The number of fused-ring (bicyclic) bond motifs is 1. The van der Waals surface area contributed by atoms with Crippen LogP contribution in [0.25, 0.3) is 22.5 Å². The Balaban J connectivity index is 0.929. The van der Waals surface area contributed by atoms with Crippen LogP contribution >= 0.6 is 0 Å². The topological polar surface area (TPSA) is 127 Å². The molecule has 2 aromatic carbocycles. The standard InChI is InChI=1S/C39H41N9O3/c1-28-12-13-32(23-40-28)48-41-22-31(43-48)24-44-19-16-33(34(25-44)29-8-4-2-5-9-29)37(49)45-20-17-39(51,18-21-45)26-46-27-42-47-35(14-15-36(47)38(46)50)30-10-6-3-7-11-30/h2-15,22-23,27,33-34,51H,16-21,24-26H2,1H3/t33-,34+/m1/s1. The van der Waals surface area contributed by atoms with Gasteiger partial charge in [0.15, 0.2) is 0 Å². The van der Waals surface area contributed by atoms with Gasteiger partial charge in [0.05, 0.1) is 35.9 Å². The number of benzene rings is 2. The Morgan fingerprint density at radius 2 is 1.67 bits per heavy atom. The molecule has 2 saturated heterocycles. The van der Waals surface area contributed by atoms with Crippen LogP contribution in [-0.2, 0) is 17.9 Å². The number of amides is 1. The molecule has 4 aromatic heterocycles. The van der Waals surface area contributed by atoms with Crippen LogP contribution in [0.1, 0.15) is 42.1 Å². The van der Waals surface area contributed by atoms with Gasteiger partial charge in [-0.3, -0.25) is 24.0 Å². The molecule has 0 aliphatic carbocycles. The first-order valence-corrected chi connectivity index (χ1v) is 17.6. The first-order valence-electron chi connectivity index (χ1n) is 17.6. The summed E-state index contributed by atoms with van der Waals surface area (Å²) in [6, 6.07) is 27.7. The van der Waals surface area contributed by atoms with Crippen LogP contribution in [0.5, 0.6) is 0 Å². The van der Waals surface area contributed by atoms with Crippen LogP contribution in [0, 0.1) is 12.8 Å². The van der Waals surface area contributed by atoms with Crippen LogP contribution in [0.3, 0.4) is 0 Å². The van der Waals surface area contributed by atoms with E-state index in [0.29, 0.717) is 38.0 Å². The molecule has 2 fully saturated rings. The van der Waals surface area contributed by atoms with E-state index in [4.69, 9.17) is 5.10 Å². The largest absolute Gasteiger partial charge is 0.388 e. The first-order chi connectivity index (χ1) is 24.8. The van der Waals surface area contributed by atoms with Gasteiger partial charge in [-0.25, -0.2) is 4.52 Å². The summed E-state index contributed by atoms with van der Waals surface area (Å²) in [7, 11) is 0. The third-order valence-electron chi connectivity index (χ3n) is 10.5. The summed E-state index contributed by atoms with van der Waals surface area (Å²) in [5.74, 6) is -0.0272. The number of hydrogen-bond donors (Lipinski definition) is 1. The second-order valence-electron chi connectivity index (χ2n) is 13.9. The van der Waals surface area contributed by atoms with E-state index in [-0.39, 0.29) is 29.8 Å². The number of pyridine rings is 1. The molecule has 8 rings (SSSR count). The highest BCUT2D eigenvalue weighted by Crippen LogP contribution is 2.36. The lowest BCUT2D eigenvalue weighted by atomic mass is 9.79. The Bertz CT molecular complexity index is 2190. The molecule has 260 valence electrons. The predicted octanol–water partition coefficient (Wildman–Crippen LogP) is 4.11. The SMILES string of the molecule is Cc1ccc(-n2ncc(CN3CC[C@@H](C(=O)N4CCC(O)(Cn5cnn6c(-c7ccccc7)ccc6c5=O)CC4)[C@H](c4ccccc4)C3)n2)cn1. The lowest BCUT2D eigenvalue weighted by Gasteiger charge is -2.43. The zero-order valence-corrected chi connectivity index (χ0v) is 28.6. The van der Waals surface area contributed by atoms with Crippen LogP contribution in [0.15, 0.2) is 108 Å². The summed E-state index contributed by atoms with van der Waals surface area (Å²) < 4.78 is 3.15. The molecule has 0 bridgehead atoms. The highest BCUT2D eigenvalue weighted by atomic mass is 16.3. The van der Waals surface area contributed by atoms with E-state index < -0.39 is 5.60 Å². The smallest absolute Gasteiger partial charge is 0.277 e. The van der Waals surface area contributed by atoms with Gasteiger partial charge >= 0.3 is 0 Å². The van der Waals surface area contributed by atoms with Crippen LogP contribution in [0.2, 0.25) is 0 Å². The van der Waals surface area contributed by atoms with E-state index >= 15 is 0 Å². The van der Waals surface area contributed by atoms with Crippen molar-refractivity contribution in [3.63, 3.8) is 0 Å². The van der Waals surface area contributed by atoms with Gasteiger partial charge in [-0.05, 0) is 62.6 Å². The average molecular weight is 684 g/mol. The van der Waals surface area contributed by atoms with Crippen molar-refractivity contribution < 1.29 is 9.90 Å². The van der Waals surface area contributed by atoms with E-state index in [9.17, 15) is 14.7 Å². The predicted molar refractivity (Wildman–Crippen MR) is 192 cm³/mol. The van der Waals surface area contributed by atoms with Gasteiger partial charge in [0, 0.05) is 49.3 Å². The van der Waals surface area contributed by atoms with Gasteiger partial charge < -0.3 is 10.0 Å². The number of aryl methyl sites for hydroxylation is 1. The third-order valence-corrected chi connectivity index (χ3v) is 10.5. The van der Waals surface area contributed by atoms with Crippen molar-refractivity contribution >= 4 is 11.4 Å². The molecule has 6 aromatic rings. The molecular formula is C39H41N9O3. The van der Waals surface area contributed by atoms with Crippen molar-refractivity contribution in [3.8, 4) is 16.9 Å². The van der Waals surface area contributed by atoms with Crippen molar-refractivity contribution in [2.24, 2.45) is 5.92 Å². The lowest BCUT2D eigenvalue weighted by molar-refractivity contribution is -0.142. The van der Waals surface area contributed by atoms with Crippen molar-refractivity contribution in [2.45, 2.75) is 50.8 Å². The molecule has 0 unspecified atom stereocenters. The number of piperidine rings is 2. The van der Waals surface area contributed by atoms with Gasteiger partial charge in [-0.2, -0.15) is 15.3 Å². The summed E-state index contributed by atoms with van der Waals surface area (Å²) in [5, 5.41) is 25.4. The second kappa shape index (κ2) is 13.7. The van der Waals surface area contributed by atoms with Gasteiger partial charge in [0.2, 0.25) is 5.91 Å². The third kappa shape index (κ3) is 6.72. The fraction of sp³-hybridized carbons (Fsp3) is 0.333. The number of rotatable bonds is 8. The molecule has 0 radical (unpaired) electrons. The molecule has 12 nitrogen and oxygen atoms in total. The quantitative estimate of drug-likeness (QED) is 0.254. The summed E-state index contributed by atoms with van der Waals surface area (Å²) in [4.78, 5) is 37.9. The molecule has 0 spiro atoms. The zero-order chi connectivity index (χ0) is 35.0. The zero-order valence-electron chi connectivity index (χ0n) is 28.6. The van der Waals surface area contributed by atoms with E-state index in [2.05, 4.69) is 32.2 Å². The average Bonchev–Trinajstić information content (AvgIpc) is 3.82. The first kappa shape index (κ1) is 32.7. The second-order valence-corrected chi connectivity index (χ2v) is 13.9. The molecule has 2 aliphatic heterocycles. The van der Waals surface area contributed by atoms with Crippen LogP contribution in [0.4, 0.5) is 0 Å². The molecule has 6 heterocycles. The Morgan fingerprint density at radius 1 is 0.902 bits per heavy atom. The fourth-order valence-corrected chi connectivity index (χ4v) is 7.62. The normalized spacial score (nSPS) is 19.4. The van der Waals surface area contributed by atoms with E-state index in [0.717, 1.165) is 53.4 Å². The molecule has 0 saturated carbocycles. The summed E-state index contributed by atoms with van der Waals surface area (Å²) in [5.41, 5.74) is 4.71. The van der Waals surface area contributed by atoms with Gasteiger partial charge in [-0.1, -0.05) is 60.7 Å². The Morgan fingerprint density at radius 3 is 2.41 bits per heavy atom. The minimum absolute atomic E-state index is 0.0174. The van der Waals surface area contributed by atoms with Crippen molar-refractivity contribution in [3.05, 3.63) is 131 Å². The molecule has 12 heteroatoms. The number of hydrogen-bond acceptors (Lipinski definition) is 8. The van der Waals surface area contributed by atoms with E-state index in [1.165, 1.54) is 10.9 Å². The monoisotopic (exact) mass is 683 g/mol. The van der Waals surface area contributed by atoms with Crippen molar-refractivity contribution in [1.29, 1.82) is 0 Å². The van der Waals surface area contributed by atoms with Crippen molar-refractivity contribution in [1.82, 2.24) is 44.0 Å². The highest BCUT2D eigenvalue weighted by molar-refractivity contribution is 5.80. The number of likely N-dealkylation sites (tertiary alicyclic amines) is 2. The molecule has 2 aliphatic rings. The molecule has 2 atom stereocenters.